The van der Waals surface area contributed by atoms with Gasteiger partial charge in [-0.2, -0.15) is 0 Å². The fraction of sp³-hybridized carbons (Fsp3) is 0.438. The SMILES string of the molecule is CN(CC(=O)NC(C)(C)C)Cn1nc(-c2cccc(Br)c2)oc1=S. The Morgan fingerprint density at radius 3 is 2.79 bits per heavy atom. The van der Waals surface area contributed by atoms with Crippen molar-refractivity contribution in [3.05, 3.63) is 33.6 Å². The molecule has 0 saturated carbocycles. The summed E-state index contributed by atoms with van der Waals surface area (Å²) < 4.78 is 8.06. The van der Waals surface area contributed by atoms with Crippen LogP contribution in [0.5, 0.6) is 0 Å². The molecule has 24 heavy (non-hydrogen) atoms. The van der Waals surface area contributed by atoms with Crippen LogP contribution in [0.2, 0.25) is 0 Å². The molecule has 6 nitrogen and oxygen atoms in total. The molecule has 0 spiro atoms. The van der Waals surface area contributed by atoms with E-state index in [1.807, 2.05) is 57.0 Å². The lowest BCUT2D eigenvalue weighted by molar-refractivity contribution is -0.123. The second kappa shape index (κ2) is 7.58. The zero-order valence-corrected chi connectivity index (χ0v) is 16.6. The third-order valence-electron chi connectivity index (χ3n) is 2.98. The molecule has 0 fully saturated rings. The first-order valence-corrected chi connectivity index (χ1v) is 8.67. The van der Waals surface area contributed by atoms with E-state index in [9.17, 15) is 4.79 Å². The number of hydrogen-bond acceptors (Lipinski definition) is 5. The van der Waals surface area contributed by atoms with Gasteiger partial charge in [0.05, 0.1) is 13.2 Å². The molecule has 2 aromatic rings. The molecule has 1 aromatic heterocycles. The van der Waals surface area contributed by atoms with Crippen molar-refractivity contribution in [3.8, 4) is 11.5 Å². The fourth-order valence-corrected chi connectivity index (χ4v) is 2.69. The Labute approximate surface area is 155 Å². The number of amides is 1. The van der Waals surface area contributed by atoms with Crippen LogP contribution >= 0.6 is 28.1 Å². The van der Waals surface area contributed by atoms with Crippen LogP contribution in [0.4, 0.5) is 0 Å². The standard InChI is InChI=1S/C16H21BrN4O2S/c1-16(2,3)18-13(22)9-20(4)10-21-15(24)23-14(19-21)11-6-5-7-12(17)8-11/h5-8H,9-10H2,1-4H3,(H,18,22). The minimum absolute atomic E-state index is 0.0489. The number of halogens is 1. The van der Waals surface area contributed by atoms with Gasteiger partial charge in [-0.1, -0.05) is 22.0 Å². The van der Waals surface area contributed by atoms with Crippen molar-refractivity contribution in [2.24, 2.45) is 0 Å². The van der Waals surface area contributed by atoms with Crippen molar-refractivity contribution in [1.29, 1.82) is 0 Å². The summed E-state index contributed by atoms with van der Waals surface area (Å²) >= 11 is 8.64. The number of nitrogens with zero attached hydrogens (tertiary/aromatic N) is 3. The molecule has 2 rings (SSSR count). The Kier molecular flexibility index (Phi) is 5.95. The van der Waals surface area contributed by atoms with E-state index in [-0.39, 0.29) is 22.8 Å². The van der Waals surface area contributed by atoms with E-state index in [2.05, 4.69) is 26.3 Å². The van der Waals surface area contributed by atoms with Crippen molar-refractivity contribution in [2.75, 3.05) is 13.6 Å². The lowest BCUT2D eigenvalue weighted by Crippen LogP contribution is -2.45. The molecule has 1 heterocycles. The summed E-state index contributed by atoms with van der Waals surface area (Å²) in [6, 6.07) is 7.64. The maximum Gasteiger partial charge on any atom is 0.288 e. The normalized spacial score (nSPS) is 11.8. The highest BCUT2D eigenvalue weighted by molar-refractivity contribution is 9.10. The maximum atomic E-state index is 12.0. The lowest BCUT2D eigenvalue weighted by atomic mass is 10.1. The topological polar surface area (TPSA) is 63.3 Å². The van der Waals surface area contributed by atoms with E-state index in [1.54, 1.807) is 4.68 Å². The van der Waals surface area contributed by atoms with Crippen LogP contribution in [0.25, 0.3) is 11.5 Å². The third kappa shape index (κ3) is 5.54. The van der Waals surface area contributed by atoms with Crippen LogP contribution in [-0.2, 0) is 11.5 Å². The quantitative estimate of drug-likeness (QED) is 0.761. The van der Waals surface area contributed by atoms with Gasteiger partial charge in [-0.05, 0) is 58.2 Å². The van der Waals surface area contributed by atoms with E-state index in [0.717, 1.165) is 10.0 Å². The first-order chi connectivity index (χ1) is 11.1. The summed E-state index contributed by atoms with van der Waals surface area (Å²) in [5.74, 6) is 0.404. The van der Waals surface area contributed by atoms with E-state index in [1.165, 1.54) is 0 Å². The van der Waals surface area contributed by atoms with Crippen LogP contribution in [0.3, 0.4) is 0 Å². The molecule has 0 atom stereocenters. The van der Waals surface area contributed by atoms with Crippen molar-refractivity contribution in [1.82, 2.24) is 20.0 Å². The number of aromatic nitrogens is 2. The molecule has 0 unspecified atom stereocenters. The lowest BCUT2D eigenvalue weighted by Gasteiger charge is -2.23. The van der Waals surface area contributed by atoms with Gasteiger partial charge in [-0.25, -0.2) is 4.68 Å². The van der Waals surface area contributed by atoms with E-state index < -0.39 is 0 Å². The van der Waals surface area contributed by atoms with Crippen LogP contribution < -0.4 is 5.32 Å². The first kappa shape index (κ1) is 18.8. The van der Waals surface area contributed by atoms with Gasteiger partial charge in [0.25, 0.3) is 4.84 Å². The summed E-state index contributed by atoms with van der Waals surface area (Å²) in [5.41, 5.74) is 0.582. The summed E-state index contributed by atoms with van der Waals surface area (Å²) in [7, 11) is 1.83. The summed E-state index contributed by atoms with van der Waals surface area (Å²) in [6.07, 6.45) is 0. The number of rotatable bonds is 5. The summed E-state index contributed by atoms with van der Waals surface area (Å²) in [6.45, 7) is 6.46. The Morgan fingerprint density at radius 2 is 2.17 bits per heavy atom. The molecule has 0 bridgehead atoms. The van der Waals surface area contributed by atoms with Gasteiger partial charge in [-0.3, -0.25) is 9.69 Å². The molecule has 0 aliphatic carbocycles. The van der Waals surface area contributed by atoms with Crippen molar-refractivity contribution in [3.63, 3.8) is 0 Å². The van der Waals surface area contributed by atoms with Crippen molar-refractivity contribution >= 4 is 34.1 Å². The third-order valence-corrected chi connectivity index (χ3v) is 3.77. The molecule has 8 heteroatoms. The van der Waals surface area contributed by atoms with E-state index in [0.29, 0.717) is 12.6 Å². The van der Waals surface area contributed by atoms with Gasteiger partial charge >= 0.3 is 0 Å². The number of carbonyl (C=O) groups excluding carboxylic acids is 1. The van der Waals surface area contributed by atoms with Crippen molar-refractivity contribution in [2.45, 2.75) is 33.0 Å². The minimum Gasteiger partial charge on any atom is -0.409 e. The monoisotopic (exact) mass is 412 g/mol. The average molecular weight is 413 g/mol. The predicted octanol–water partition coefficient (Wildman–Crippen LogP) is 3.44. The van der Waals surface area contributed by atoms with Gasteiger partial charge in [-0.15, -0.1) is 5.10 Å². The Balaban J connectivity index is 2.05. The highest BCUT2D eigenvalue weighted by atomic mass is 79.9. The number of hydrogen-bond donors (Lipinski definition) is 1. The zero-order chi connectivity index (χ0) is 17.9. The summed E-state index contributed by atoms with van der Waals surface area (Å²) in [4.78, 5) is 14.1. The predicted molar refractivity (Wildman–Crippen MR) is 99.0 cm³/mol. The van der Waals surface area contributed by atoms with Gasteiger partial charge in [0.15, 0.2) is 0 Å². The highest BCUT2D eigenvalue weighted by Crippen LogP contribution is 2.21. The molecule has 0 saturated heterocycles. The zero-order valence-electron chi connectivity index (χ0n) is 14.2. The number of nitrogens with one attached hydrogen (secondary N) is 1. The molecule has 130 valence electrons. The maximum absolute atomic E-state index is 12.0. The fourth-order valence-electron chi connectivity index (χ4n) is 2.12. The number of benzene rings is 1. The molecule has 1 aromatic carbocycles. The Hall–Kier alpha value is -1.51. The van der Waals surface area contributed by atoms with Crippen LogP contribution in [-0.4, -0.2) is 39.7 Å². The van der Waals surface area contributed by atoms with Gasteiger partial charge < -0.3 is 9.73 Å². The van der Waals surface area contributed by atoms with Crippen LogP contribution in [0, 0.1) is 4.84 Å². The molecule has 0 aliphatic rings. The second-order valence-corrected chi connectivity index (χ2v) is 7.90. The first-order valence-electron chi connectivity index (χ1n) is 7.47. The highest BCUT2D eigenvalue weighted by Gasteiger charge is 2.16. The molecule has 1 amide bonds. The minimum atomic E-state index is -0.254. The average Bonchev–Trinajstić information content (AvgIpc) is 2.77. The molecule has 0 radical (unpaired) electrons. The molecule has 1 N–H and O–H groups in total. The van der Waals surface area contributed by atoms with E-state index >= 15 is 0 Å². The summed E-state index contributed by atoms with van der Waals surface area (Å²) in [5, 5.41) is 7.32. The number of carbonyl (C=O) groups is 1. The molecular formula is C16H21BrN4O2S. The number of likely N-dealkylation sites (N-methyl/N-ethyl adjacent to an activating group) is 1. The van der Waals surface area contributed by atoms with Crippen LogP contribution in [0.15, 0.2) is 33.2 Å². The molecule has 0 aliphatic heterocycles. The Bertz CT molecular complexity index is 779. The van der Waals surface area contributed by atoms with Gasteiger partial charge in [0, 0.05) is 15.6 Å². The molecular weight excluding hydrogens is 392 g/mol. The van der Waals surface area contributed by atoms with Crippen molar-refractivity contribution < 1.29 is 9.21 Å². The largest absolute Gasteiger partial charge is 0.409 e. The van der Waals surface area contributed by atoms with Gasteiger partial charge in [0.2, 0.25) is 11.8 Å². The smallest absolute Gasteiger partial charge is 0.288 e. The van der Waals surface area contributed by atoms with Gasteiger partial charge in [0.1, 0.15) is 0 Å². The van der Waals surface area contributed by atoms with Crippen LogP contribution in [0.1, 0.15) is 20.8 Å². The van der Waals surface area contributed by atoms with E-state index in [4.69, 9.17) is 16.6 Å². The Morgan fingerprint density at radius 1 is 1.46 bits per heavy atom. The second-order valence-electron chi connectivity index (χ2n) is 6.64.